The number of aryl methyl sites for hydroxylation is 3. The van der Waals surface area contributed by atoms with E-state index in [1.807, 2.05) is 13.1 Å². The summed E-state index contributed by atoms with van der Waals surface area (Å²) in [5, 5.41) is 10.0. The molecule has 18 heavy (non-hydrogen) atoms. The molecule has 2 heterocycles. The minimum atomic E-state index is -0.129. The summed E-state index contributed by atoms with van der Waals surface area (Å²) in [5.74, 6) is 1.25. The summed E-state index contributed by atoms with van der Waals surface area (Å²) in [7, 11) is 0. The topological polar surface area (TPSA) is 86.5 Å². The number of nitrogens with zero attached hydrogens (tertiary/aromatic N) is 2. The Kier molecular flexibility index (Phi) is 3.76. The quantitative estimate of drug-likeness (QED) is 0.692. The SMILES string of the molecule is Cc1nc(NCCCc2cn[nH]c2C)cc(=O)[nH]1. The molecule has 0 atom stereocenters. The molecule has 0 amide bonds. The maximum Gasteiger partial charge on any atom is 0.252 e. The Balaban J connectivity index is 1.82. The van der Waals surface area contributed by atoms with Crippen molar-refractivity contribution in [3.63, 3.8) is 0 Å². The second-order valence-corrected chi connectivity index (χ2v) is 4.27. The van der Waals surface area contributed by atoms with Crippen LogP contribution >= 0.6 is 0 Å². The van der Waals surface area contributed by atoms with Crippen molar-refractivity contribution in [2.24, 2.45) is 0 Å². The van der Waals surface area contributed by atoms with Crippen LogP contribution in [0, 0.1) is 13.8 Å². The van der Waals surface area contributed by atoms with Crippen molar-refractivity contribution in [2.45, 2.75) is 26.7 Å². The molecule has 3 N–H and O–H groups in total. The Morgan fingerprint density at radius 2 is 2.22 bits per heavy atom. The third kappa shape index (κ3) is 3.19. The molecule has 0 bridgehead atoms. The highest BCUT2D eigenvalue weighted by Gasteiger charge is 2.01. The van der Waals surface area contributed by atoms with E-state index < -0.39 is 0 Å². The predicted octanol–water partition coefficient (Wildman–Crippen LogP) is 1.15. The molecule has 6 heteroatoms. The molecule has 0 aliphatic carbocycles. The van der Waals surface area contributed by atoms with Crippen LogP contribution in [0.15, 0.2) is 17.1 Å². The molecule has 0 unspecified atom stereocenters. The molecule has 0 radical (unpaired) electrons. The first-order valence-corrected chi connectivity index (χ1v) is 5.96. The molecule has 2 aromatic rings. The zero-order chi connectivity index (χ0) is 13.0. The van der Waals surface area contributed by atoms with Crippen LogP contribution in [0.2, 0.25) is 0 Å². The van der Waals surface area contributed by atoms with Gasteiger partial charge in [0.15, 0.2) is 0 Å². The molecule has 0 fully saturated rings. The molecule has 2 aromatic heterocycles. The van der Waals surface area contributed by atoms with Crippen LogP contribution in [0.3, 0.4) is 0 Å². The molecular formula is C12H17N5O. The molecule has 2 rings (SSSR count). The summed E-state index contributed by atoms with van der Waals surface area (Å²) < 4.78 is 0. The average Bonchev–Trinajstić information content (AvgIpc) is 2.69. The van der Waals surface area contributed by atoms with Crippen molar-refractivity contribution in [1.82, 2.24) is 20.2 Å². The predicted molar refractivity (Wildman–Crippen MR) is 69.7 cm³/mol. The number of rotatable bonds is 5. The van der Waals surface area contributed by atoms with Gasteiger partial charge in [0, 0.05) is 18.3 Å². The Morgan fingerprint density at radius 3 is 2.89 bits per heavy atom. The van der Waals surface area contributed by atoms with Gasteiger partial charge in [0.2, 0.25) is 0 Å². The van der Waals surface area contributed by atoms with Crippen LogP contribution in [0.1, 0.15) is 23.5 Å². The van der Waals surface area contributed by atoms with Gasteiger partial charge in [-0.2, -0.15) is 5.10 Å². The Morgan fingerprint density at radius 1 is 1.39 bits per heavy atom. The van der Waals surface area contributed by atoms with Crippen molar-refractivity contribution in [2.75, 3.05) is 11.9 Å². The summed E-state index contributed by atoms with van der Waals surface area (Å²) in [6.07, 6.45) is 3.77. The fraction of sp³-hybridized carbons (Fsp3) is 0.417. The van der Waals surface area contributed by atoms with E-state index in [0.29, 0.717) is 11.6 Å². The van der Waals surface area contributed by atoms with Gasteiger partial charge in [-0.05, 0) is 32.3 Å². The summed E-state index contributed by atoms with van der Waals surface area (Å²) in [6, 6.07) is 1.47. The maximum atomic E-state index is 11.2. The average molecular weight is 247 g/mol. The van der Waals surface area contributed by atoms with Gasteiger partial charge in [-0.1, -0.05) is 0 Å². The van der Waals surface area contributed by atoms with E-state index in [4.69, 9.17) is 0 Å². The minimum absolute atomic E-state index is 0.129. The third-order valence-corrected chi connectivity index (χ3v) is 2.72. The van der Waals surface area contributed by atoms with E-state index in [1.54, 1.807) is 6.92 Å². The van der Waals surface area contributed by atoms with Gasteiger partial charge in [0.25, 0.3) is 5.56 Å². The monoisotopic (exact) mass is 247 g/mol. The highest BCUT2D eigenvalue weighted by atomic mass is 16.1. The largest absolute Gasteiger partial charge is 0.370 e. The zero-order valence-corrected chi connectivity index (χ0v) is 10.6. The van der Waals surface area contributed by atoms with Gasteiger partial charge in [0.1, 0.15) is 11.6 Å². The van der Waals surface area contributed by atoms with Crippen molar-refractivity contribution in [1.29, 1.82) is 0 Å². The molecule has 6 nitrogen and oxygen atoms in total. The lowest BCUT2D eigenvalue weighted by molar-refractivity contribution is 0.849. The van der Waals surface area contributed by atoms with Gasteiger partial charge in [-0.3, -0.25) is 9.89 Å². The summed E-state index contributed by atoms with van der Waals surface area (Å²) in [4.78, 5) is 18.0. The van der Waals surface area contributed by atoms with Crippen LogP contribution in [0.5, 0.6) is 0 Å². The first kappa shape index (κ1) is 12.3. The molecule has 0 saturated carbocycles. The van der Waals surface area contributed by atoms with Crippen LogP contribution in [0.25, 0.3) is 0 Å². The summed E-state index contributed by atoms with van der Waals surface area (Å²) in [6.45, 7) is 4.55. The lowest BCUT2D eigenvalue weighted by atomic mass is 10.1. The number of aromatic nitrogens is 4. The van der Waals surface area contributed by atoms with Crippen molar-refractivity contribution >= 4 is 5.82 Å². The van der Waals surface area contributed by atoms with Crippen LogP contribution in [-0.4, -0.2) is 26.7 Å². The Bertz CT molecular complexity index is 572. The van der Waals surface area contributed by atoms with Crippen molar-refractivity contribution < 1.29 is 0 Å². The summed E-state index contributed by atoms with van der Waals surface area (Å²) in [5.41, 5.74) is 2.21. The van der Waals surface area contributed by atoms with Crippen LogP contribution < -0.4 is 10.9 Å². The highest BCUT2D eigenvalue weighted by molar-refractivity contribution is 5.32. The standard InChI is InChI=1S/C12H17N5O/c1-8-10(7-14-17-8)4-3-5-13-11-6-12(18)16-9(2)15-11/h6-7H,3-5H2,1-2H3,(H,14,17)(H2,13,15,16,18). The minimum Gasteiger partial charge on any atom is -0.370 e. The number of H-pyrrole nitrogens is 2. The molecule has 0 aromatic carbocycles. The van der Waals surface area contributed by atoms with E-state index >= 15 is 0 Å². The molecular weight excluding hydrogens is 230 g/mol. The fourth-order valence-corrected chi connectivity index (χ4v) is 1.79. The zero-order valence-electron chi connectivity index (χ0n) is 10.6. The molecule has 0 saturated heterocycles. The van der Waals surface area contributed by atoms with Crippen molar-refractivity contribution in [3.05, 3.63) is 39.7 Å². The molecule has 0 spiro atoms. The molecule has 96 valence electrons. The fourth-order valence-electron chi connectivity index (χ4n) is 1.79. The lowest BCUT2D eigenvalue weighted by Crippen LogP contribution is -2.12. The number of anilines is 1. The van der Waals surface area contributed by atoms with Gasteiger partial charge in [-0.15, -0.1) is 0 Å². The van der Waals surface area contributed by atoms with E-state index in [2.05, 4.69) is 25.5 Å². The van der Waals surface area contributed by atoms with Gasteiger partial charge < -0.3 is 10.3 Å². The Labute approximate surface area is 105 Å². The van der Waals surface area contributed by atoms with Gasteiger partial charge in [0.05, 0.1) is 6.20 Å². The van der Waals surface area contributed by atoms with Crippen LogP contribution in [-0.2, 0) is 6.42 Å². The van der Waals surface area contributed by atoms with Gasteiger partial charge >= 0.3 is 0 Å². The maximum absolute atomic E-state index is 11.2. The lowest BCUT2D eigenvalue weighted by Gasteiger charge is -2.05. The second kappa shape index (κ2) is 5.48. The van der Waals surface area contributed by atoms with Crippen molar-refractivity contribution in [3.8, 4) is 0 Å². The highest BCUT2D eigenvalue weighted by Crippen LogP contribution is 2.06. The number of aromatic amines is 2. The third-order valence-electron chi connectivity index (χ3n) is 2.72. The molecule has 0 aliphatic heterocycles. The Hall–Kier alpha value is -2.11. The van der Waals surface area contributed by atoms with E-state index in [9.17, 15) is 4.79 Å². The number of nitrogens with one attached hydrogen (secondary N) is 3. The summed E-state index contributed by atoms with van der Waals surface area (Å²) >= 11 is 0. The number of hydrogen-bond donors (Lipinski definition) is 3. The van der Waals surface area contributed by atoms with Crippen LogP contribution in [0.4, 0.5) is 5.82 Å². The first-order chi connectivity index (χ1) is 8.65. The first-order valence-electron chi connectivity index (χ1n) is 5.96. The van der Waals surface area contributed by atoms with E-state index in [-0.39, 0.29) is 5.56 Å². The second-order valence-electron chi connectivity index (χ2n) is 4.27. The normalized spacial score (nSPS) is 10.6. The van der Waals surface area contributed by atoms with E-state index in [1.165, 1.54) is 11.6 Å². The van der Waals surface area contributed by atoms with Gasteiger partial charge in [-0.25, -0.2) is 4.98 Å². The smallest absolute Gasteiger partial charge is 0.252 e. The molecule has 0 aliphatic rings. The number of hydrogen-bond acceptors (Lipinski definition) is 4. The van der Waals surface area contributed by atoms with E-state index in [0.717, 1.165) is 25.1 Å².